The Morgan fingerprint density at radius 2 is 1.41 bits per heavy atom. The highest BCUT2D eigenvalue weighted by atomic mass is 16.5. The number of nitrogens with zero attached hydrogens (tertiary/aromatic N) is 1. The Labute approximate surface area is 195 Å². The number of pyridine rings is 1. The van der Waals surface area contributed by atoms with Crippen LogP contribution in [0.3, 0.4) is 0 Å². The summed E-state index contributed by atoms with van der Waals surface area (Å²) in [5.74, 6) is -1.04. The lowest BCUT2D eigenvalue weighted by atomic mass is 9.97. The number of Topliss-reactive ketones (excluding diaryl/α,β-unsaturated/α-hetero) is 1. The zero-order valence-electron chi connectivity index (χ0n) is 18.5. The topological polar surface area (TPSA) is 65.4 Å². The van der Waals surface area contributed by atoms with Crippen molar-refractivity contribution in [1.82, 2.24) is 4.57 Å². The van der Waals surface area contributed by atoms with Crippen LogP contribution in [-0.4, -0.2) is 22.9 Å². The maximum Gasteiger partial charge on any atom is 0.356 e. The molecule has 0 radical (unpaired) electrons. The van der Waals surface area contributed by atoms with E-state index < -0.39 is 12.6 Å². The molecule has 0 saturated carbocycles. The van der Waals surface area contributed by atoms with Gasteiger partial charge in [0, 0.05) is 23.6 Å². The molecule has 0 amide bonds. The third-order valence-electron chi connectivity index (χ3n) is 5.97. The Balaban J connectivity index is 1.52. The van der Waals surface area contributed by atoms with Crippen LogP contribution in [0.1, 0.15) is 20.8 Å². The highest BCUT2D eigenvalue weighted by Crippen LogP contribution is 2.31. The van der Waals surface area contributed by atoms with Crippen LogP contribution in [0.2, 0.25) is 0 Å². The molecule has 0 fully saturated rings. The Morgan fingerprint density at radius 3 is 2.18 bits per heavy atom. The van der Waals surface area contributed by atoms with Crippen molar-refractivity contribution < 1.29 is 14.3 Å². The van der Waals surface area contributed by atoms with Crippen molar-refractivity contribution in [3.63, 3.8) is 0 Å². The standard InChI is InChI=1S/C29H21NO4/c1-30-27(26(20-10-3-2-4-11-20)23-13-7-8-14-24(23)28(30)32)29(33)34-18-25(31)22-16-15-19-9-5-6-12-21(19)17-22/h2-17H,18H2,1H3. The zero-order valence-corrected chi connectivity index (χ0v) is 18.5. The van der Waals surface area contributed by atoms with E-state index in [1.807, 2.05) is 72.8 Å². The number of aromatic nitrogens is 1. The van der Waals surface area contributed by atoms with E-state index in [9.17, 15) is 14.4 Å². The monoisotopic (exact) mass is 447 g/mol. The molecule has 166 valence electrons. The molecular formula is C29H21NO4. The van der Waals surface area contributed by atoms with Gasteiger partial charge in [-0.15, -0.1) is 0 Å². The third-order valence-corrected chi connectivity index (χ3v) is 5.97. The predicted octanol–water partition coefficient (Wildman–Crippen LogP) is 5.40. The minimum Gasteiger partial charge on any atom is -0.453 e. The SMILES string of the molecule is Cn1c(C(=O)OCC(=O)c2ccc3ccccc3c2)c(-c2ccccc2)c2ccccc2c1=O. The molecule has 0 saturated heterocycles. The number of ketones is 1. The third kappa shape index (κ3) is 3.77. The molecule has 0 bridgehead atoms. The summed E-state index contributed by atoms with van der Waals surface area (Å²) in [5.41, 5.74) is 1.65. The second-order valence-electron chi connectivity index (χ2n) is 8.06. The maximum absolute atomic E-state index is 13.3. The van der Waals surface area contributed by atoms with Crippen molar-refractivity contribution in [1.29, 1.82) is 0 Å². The summed E-state index contributed by atoms with van der Waals surface area (Å²) >= 11 is 0. The van der Waals surface area contributed by atoms with Crippen molar-refractivity contribution in [2.45, 2.75) is 0 Å². The second-order valence-corrected chi connectivity index (χ2v) is 8.06. The Kier molecular flexibility index (Phi) is 5.52. The molecule has 1 heterocycles. The molecular weight excluding hydrogens is 426 g/mol. The van der Waals surface area contributed by atoms with E-state index in [0.29, 0.717) is 21.9 Å². The average molecular weight is 447 g/mol. The largest absolute Gasteiger partial charge is 0.453 e. The molecule has 1 aromatic heterocycles. The van der Waals surface area contributed by atoms with Crippen LogP contribution >= 0.6 is 0 Å². The van der Waals surface area contributed by atoms with Crippen molar-refractivity contribution in [3.8, 4) is 11.1 Å². The fourth-order valence-corrected chi connectivity index (χ4v) is 4.25. The number of carbonyl (C=O) groups is 2. The fourth-order valence-electron chi connectivity index (χ4n) is 4.25. The summed E-state index contributed by atoms with van der Waals surface area (Å²) in [5, 5.41) is 3.12. The predicted molar refractivity (Wildman–Crippen MR) is 133 cm³/mol. The van der Waals surface area contributed by atoms with Crippen molar-refractivity contribution in [2.24, 2.45) is 7.05 Å². The van der Waals surface area contributed by atoms with E-state index in [1.54, 1.807) is 31.3 Å². The molecule has 5 aromatic rings. The Morgan fingerprint density at radius 1 is 0.765 bits per heavy atom. The van der Waals surface area contributed by atoms with Gasteiger partial charge in [-0.3, -0.25) is 9.59 Å². The van der Waals surface area contributed by atoms with Gasteiger partial charge in [0.05, 0.1) is 0 Å². The molecule has 34 heavy (non-hydrogen) atoms. The van der Waals surface area contributed by atoms with Gasteiger partial charge in [-0.2, -0.15) is 0 Å². The number of rotatable bonds is 5. The number of carbonyl (C=O) groups excluding carboxylic acids is 2. The average Bonchev–Trinajstić information content (AvgIpc) is 2.89. The first kappa shape index (κ1) is 21.3. The lowest BCUT2D eigenvalue weighted by molar-refractivity contribution is 0.0465. The number of benzene rings is 4. The van der Waals surface area contributed by atoms with Gasteiger partial charge in [-0.25, -0.2) is 4.79 Å². The van der Waals surface area contributed by atoms with Gasteiger partial charge in [0.2, 0.25) is 0 Å². The van der Waals surface area contributed by atoms with E-state index >= 15 is 0 Å². The van der Waals surface area contributed by atoms with Gasteiger partial charge < -0.3 is 9.30 Å². The molecule has 0 aliphatic heterocycles. The molecule has 5 nitrogen and oxygen atoms in total. The summed E-state index contributed by atoms with van der Waals surface area (Å²) in [7, 11) is 1.54. The van der Waals surface area contributed by atoms with E-state index in [0.717, 1.165) is 16.3 Å². The Bertz CT molecular complexity index is 1620. The molecule has 4 aromatic carbocycles. The highest BCUT2D eigenvalue weighted by molar-refractivity contribution is 6.08. The van der Waals surface area contributed by atoms with Crippen LogP contribution in [0.25, 0.3) is 32.7 Å². The lowest BCUT2D eigenvalue weighted by Crippen LogP contribution is -2.27. The summed E-state index contributed by atoms with van der Waals surface area (Å²) < 4.78 is 6.75. The molecule has 0 aliphatic rings. The minimum absolute atomic E-state index is 0.112. The number of fused-ring (bicyclic) bond motifs is 2. The van der Waals surface area contributed by atoms with E-state index in [2.05, 4.69) is 0 Å². The maximum atomic E-state index is 13.3. The lowest BCUT2D eigenvalue weighted by Gasteiger charge is -2.16. The van der Waals surface area contributed by atoms with Crippen molar-refractivity contribution in [2.75, 3.05) is 6.61 Å². The zero-order chi connectivity index (χ0) is 23.7. The number of ether oxygens (including phenoxy) is 1. The summed E-state index contributed by atoms with van der Waals surface area (Å²) in [4.78, 5) is 39.1. The first-order chi connectivity index (χ1) is 16.5. The van der Waals surface area contributed by atoms with Gasteiger partial charge in [0.25, 0.3) is 5.56 Å². The van der Waals surface area contributed by atoms with Crippen molar-refractivity contribution in [3.05, 3.63) is 119 Å². The summed E-state index contributed by atoms with van der Waals surface area (Å²) in [6, 6.07) is 29.7. The first-order valence-electron chi connectivity index (χ1n) is 10.9. The number of hydrogen-bond donors (Lipinski definition) is 0. The van der Waals surface area contributed by atoms with Gasteiger partial charge in [0.15, 0.2) is 12.4 Å². The highest BCUT2D eigenvalue weighted by Gasteiger charge is 2.23. The van der Waals surface area contributed by atoms with Gasteiger partial charge in [0.1, 0.15) is 5.69 Å². The number of hydrogen-bond acceptors (Lipinski definition) is 4. The van der Waals surface area contributed by atoms with E-state index in [1.165, 1.54) is 4.57 Å². The molecule has 0 unspecified atom stereocenters. The van der Waals surface area contributed by atoms with Gasteiger partial charge >= 0.3 is 5.97 Å². The summed E-state index contributed by atoms with van der Waals surface area (Å²) in [6.07, 6.45) is 0. The van der Waals surface area contributed by atoms with Gasteiger partial charge in [-0.05, 0) is 33.9 Å². The van der Waals surface area contributed by atoms with Gasteiger partial charge in [-0.1, -0.05) is 84.9 Å². The molecule has 0 N–H and O–H groups in total. The molecule has 5 rings (SSSR count). The van der Waals surface area contributed by atoms with Crippen molar-refractivity contribution >= 4 is 33.3 Å². The Hall–Kier alpha value is -4.51. The van der Waals surface area contributed by atoms with Crippen LogP contribution in [0, 0.1) is 0 Å². The normalized spacial score (nSPS) is 11.0. The smallest absolute Gasteiger partial charge is 0.356 e. The summed E-state index contributed by atoms with van der Waals surface area (Å²) in [6.45, 7) is -0.424. The second kappa shape index (κ2) is 8.79. The molecule has 0 spiro atoms. The number of esters is 1. The van der Waals surface area contributed by atoms with Crippen LogP contribution in [0.4, 0.5) is 0 Å². The van der Waals surface area contributed by atoms with E-state index in [-0.39, 0.29) is 17.0 Å². The van der Waals surface area contributed by atoms with Crippen LogP contribution < -0.4 is 5.56 Å². The molecule has 5 heteroatoms. The van der Waals surface area contributed by atoms with Crippen LogP contribution in [-0.2, 0) is 11.8 Å². The fraction of sp³-hybridized carbons (Fsp3) is 0.0690. The van der Waals surface area contributed by atoms with Crippen LogP contribution in [0.15, 0.2) is 102 Å². The molecule has 0 aliphatic carbocycles. The molecule has 0 atom stereocenters. The first-order valence-corrected chi connectivity index (χ1v) is 10.9. The quantitative estimate of drug-likeness (QED) is 0.267. The van der Waals surface area contributed by atoms with Crippen LogP contribution in [0.5, 0.6) is 0 Å². The minimum atomic E-state index is -0.724. The van der Waals surface area contributed by atoms with E-state index in [4.69, 9.17) is 4.74 Å².